The molecule has 0 aliphatic carbocycles. The first-order valence-corrected chi connectivity index (χ1v) is 7.42. The van der Waals surface area contributed by atoms with Crippen molar-refractivity contribution in [2.24, 2.45) is 5.73 Å². The van der Waals surface area contributed by atoms with Crippen molar-refractivity contribution in [2.45, 2.75) is 46.0 Å². The molecule has 126 valence electrons. The number of primary amides is 1. The van der Waals surface area contributed by atoms with Gasteiger partial charge in [-0.15, -0.1) is 6.58 Å². The molecule has 4 heteroatoms. The van der Waals surface area contributed by atoms with Crippen LogP contribution >= 0.6 is 0 Å². The summed E-state index contributed by atoms with van der Waals surface area (Å²) in [5.41, 5.74) is 4.69. The van der Waals surface area contributed by atoms with Crippen LogP contribution < -0.4 is 5.73 Å². The van der Waals surface area contributed by atoms with E-state index in [0.29, 0.717) is 6.61 Å². The van der Waals surface area contributed by atoms with Crippen molar-refractivity contribution in [3.05, 3.63) is 50.1 Å². The lowest BCUT2D eigenvalue weighted by atomic mass is 10.2. The molecule has 0 radical (unpaired) electrons. The van der Waals surface area contributed by atoms with E-state index in [-0.39, 0.29) is 18.3 Å². The smallest absolute Gasteiger partial charge is 0.330 e. The fraction of sp³-hybridized carbons (Fsp3) is 0.444. The van der Waals surface area contributed by atoms with Gasteiger partial charge in [0.1, 0.15) is 0 Å². The summed E-state index contributed by atoms with van der Waals surface area (Å²) in [5, 5.41) is 0. The lowest BCUT2D eigenvalue weighted by Crippen LogP contribution is -2.07. The number of allylic oxidation sites excluding steroid dienone is 3. The van der Waals surface area contributed by atoms with E-state index in [1.165, 1.54) is 25.0 Å². The highest BCUT2D eigenvalue weighted by Crippen LogP contribution is 1.98. The van der Waals surface area contributed by atoms with Crippen molar-refractivity contribution < 1.29 is 14.3 Å². The van der Waals surface area contributed by atoms with E-state index in [2.05, 4.69) is 26.7 Å². The van der Waals surface area contributed by atoms with Crippen LogP contribution in [0.15, 0.2) is 50.1 Å². The lowest BCUT2D eigenvalue weighted by Gasteiger charge is -1.99. The number of esters is 1. The molecule has 0 atom stereocenters. The third-order valence-electron chi connectivity index (χ3n) is 2.08. The summed E-state index contributed by atoms with van der Waals surface area (Å²) < 4.78 is 4.78. The van der Waals surface area contributed by atoms with E-state index in [1.54, 1.807) is 6.08 Å². The first-order valence-electron chi connectivity index (χ1n) is 7.42. The fourth-order valence-electron chi connectivity index (χ4n) is 1.04. The topological polar surface area (TPSA) is 69.4 Å². The number of amides is 1. The van der Waals surface area contributed by atoms with Gasteiger partial charge in [-0.1, -0.05) is 63.6 Å². The minimum atomic E-state index is -0.329. The van der Waals surface area contributed by atoms with Crippen LogP contribution in [0.3, 0.4) is 0 Å². The van der Waals surface area contributed by atoms with Crippen LogP contribution in [0.2, 0.25) is 0 Å². The van der Waals surface area contributed by atoms with Crippen LogP contribution in [0.1, 0.15) is 46.0 Å². The van der Waals surface area contributed by atoms with Crippen molar-refractivity contribution >= 4 is 11.9 Å². The number of hydrogen-bond acceptors (Lipinski definition) is 3. The molecule has 0 unspecified atom stereocenters. The maximum atomic E-state index is 10.5. The second kappa shape index (κ2) is 24.0. The van der Waals surface area contributed by atoms with E-state index >= 15 is 0 Å². The van der Waals surface area contributed by atoms with Gasteiger partial charge in [-0.3, -0.25) is 4.79 Å². The number of rotatable bonds is 9. The average molecular weight is 309 g/mol. The predicted octanol–water partition coefficient (Wildman–Crippen LogP) is 4.09. The summed E-state index contributed by atoms with van der Waals surface area (Å²) in [6.45, 7) is 14.7. The fourth-order valence-corrected chi connectivity index (χ4v) is 1.04. The number of nitrogens with two attached hydrogens (primary N) is 1. The van der Waals surface area contributed by atoms with Gasteiger partial charge in [0.25, 0.3) is 0 Å². The summed E-state index contributed by atoms with van der Waals surface area (Å²) in [6.07, 6.45) is 13.0. The van der Waals surface area contributed by atoms with Crippen molar-refractivity contribution in [3.8, 4) is 0 Å². The van der Waals surface area contributed by atoms with Gasteiger partial charge in [0.15, 0.2) is 0 Å². The minimum absolute atomic E-state index is 0.278. The van der Waals surface area contributed by atoms with E-state index in [1.807, 2.05) is 19.1 Å². The summed E-state index contributed by atoms with van der Waals surface area (Å²) in [5.74, 6) is -0.647. The number of unbranched alkanes of at least 4 members (excludes halogenated alkanes) is 3. The maximum Gasteiger partial charge on any atom is 0.330 e. The second-order valence-electron chi connectivity index (χ2n) is 4.15. The quantitative estimate of drug-likeness (QED) is 0.229. The standard InChI is InChI=1S/C9H16O2.C5H8.C4H7NO/c1-3-5-6-7-8-11-9(10)4-2;1-3-5-4-2;1-2-3-4(5)6/h4H,2-3,5-8H2,1H3;3-5H,1H2,2H3;2H,1,3H2,(H2,5,6). The Morgan fingerprint density at radius 2 is 1.77 bits per heavy atom. The van der Waals surface area contributed by atoms with Crippen LogP contribution in [0.5, 0.6) is 0 Å². The van der Waals surface area contributed by atoms with Gasteiger partial charge in [0, 0.05) is 12.5 Å². The second-order valence-corrected chi connectivity index (χ2v) is 4.15. The lowest BCUT2D eigenvalue weighted by molar-refractivity contribution is -0.137. The van der Waals surface area contributed by atoms with Crippen molar-refractivity contribution in [1.82, 2.24) is 0 Å². The molecule has 0 aromatic carbocycles. The first kappa shape index (κ1) is 24.9. The normalized spacial score (nSPS) is 8.64. The van der Waals surface area contributed by atoms with Gasteiger partial charge in [-0.05, 0) is 13.3 Å². The first-order chi connectivity index (χ1) is 10.5. The van der Waals surface area contributed by atoms with Crippen molar-refractivity contribution in [1.29, 1.82) is 0 Å². The zero-order valence-electron chi connectivity index (χ0n) is 14.1. The molecule has 0 spiro atoms. The summed E-state index contributed by atoms with van der Waals surface area (Å²) in [7, 11) is 0. The molecule has 4 nitrogen and oxygen atoms in total. The Kier molecular flexibility index (Phi) is 27.1. The molecule has 0 rings (SSSR count). The predicted molar refractivity (Wildman–Crippen MR) is 94.3 cm³/mol. The Morgan fingerprint density at radius 3 is 2.05 bits per heavy atom. The molecule has 0 aliphatic heterocycles. The summed E-state index contributed by atoms with van der Waals surface area (Å²) in [4.78, 5) is 20.3. The molecular weight excluding hydrogens is 278 g/mol. The molecule has 0 saturated carbocycles. The molecule has 0 aromatic heterocycles. The third kappa shape index (κ3) is 36.1. The Hall–Kier alpha value is -2.10. The van der Waals surface area contributed by atoms with Crippen LogP contribution in [-0.4, -0.2) is 18.5 Å². The van der Waals surface area contributed by atoms with Gasteiger partial charge in [-0.2, -0.15) is 0 Å². The molecule has 0 bridgehead atoms. The van der Waals surface area contributed by atoms with Crippen LogP contribution in [0.4, 0.5) is 0 Å². The van der Waals surface area contributed by atoms with Gasteiger partial charge in [-0.25, -0.2) is 4.79 Å². The van der Waals surface area contributed by atoms with Gasteiger partial charge in [0.2, 0.25) is 5.91 Å². The number of carbonyl (C=O) groups excluding carboxylic acids is 2. The van der Waals surface area contributed by atoms with E-state index in [0.717, 1.165) is 12.8 Å². The summed E-state index contributed by atoms with van der Waals surface area (Å²) >= 11 is 0. The maximum absolute atomic E-state index is 10.5. The Bertz CT molecular complexity index is 333. The molecule has 0 aromatic rings. The summed E-state index contributed by atoms with van der Waals surface area (Å²) in [6, 6.07) is 0. The Morgan fingerprint density at radius 1 is 1.14 bits per heavy atom. The molecule has 0 heterocycles. The highest BCUT2D eigenvalue weighted by Gasteiger charge is 1.93. The largest absolute Gasteiger partial charge is 0.463 e. The van der Waals surface area contributed by atoms with Gasteiger partial charge in [0.05, 0.1) is 6.61 Å². The van der Waals surface area contributed by atoms with Crippen molar-refractivity contribution in [3.63, 3.8) is 0 Å². The molecule has 2 N–H and O–H groups in total. The number of carbonyl (C=O) groups is 2. The van der Waals surface area contributed by atoms with E-state index in [9.17, 15) is 9.59 Å². The minimum Gasteiger partial charge on any atom is -0.463 e. The average Bonchev–Trinajstić information content (AvgIpc) is 2.48. The Balaban J connectivity index is -0.000000277. The van der Waals surface area contributed by atoms with E-state index in [4.69, 9.17) is 10.5 Å². The molecule has 1 amide bonds. The molecule has 0 saturated heterocycles. The van der Waals surface area contributed by atoms with Crippen molar-refractivity contribution in [2.75, 3.05) is 6.61 Å². The number of hydrogen-bond donors (Lipinski definition) is 1. The monoisotopic (exact) mass is 309 g/mol. The molecule has 0 aliphatic rings. The van der Waals surface area contributed by atoms with E-state index < -0.39 is 0 Å². The Labute approximate surface area is 135 Å². The number of ether oxygens (including phenoxy) is 1. The zero-order chi connectivity index (χ0) is 17.6. The third-order valence-corrected chi connectivity index (χ3v) is 2.08. The van der Waals surface area contributed by atoms with Crippen LogP contribution in [-0.2, 0) is 14.3 Å². The van der Waals surface area contributed by atoms with Crippen LogP contribution in [0.25, 0.3) is 0 Å². The SMILES string of the molecule is C=CC(=O)OCCCCCC.C=CC=CC.C=CCC(N)=O. The zero-order valence-corrected chi connectivity index (χ0v) is 14.1. The highest BCUT2D eigenvalue weighted by molar-refractivity contribution is 5.81. The molecule has 22 heavy (non-hydrogen) atoms. The van der Waals surface area contributed by atoms with Gasteiger partial charge >= 0.3 is 5.97 Å². The van der Waals surface area contributed by atoms with Gasteiger partial charge < -0.3 is 10.5 Å². The molecular formula is C18H31NO3. The molecule has 0 fully saturated rings. The highest BCUT2D eigenvalue weighted by atomic mass is 16.5. The van der Waals surface area contributed by atoms with Crippen LogP contribution in [0, 0.1) is 0 Å².